The molecule has 2 aromatic rings. The van der Waals surface area contributed by atoms with Crippen LogP contribution in [0, 0.1) is 11.8 Å². The minimum Gasteiger partial charge on any atom is -0.424 e. The third kappa shape index (κ3) is 2.50. The first-order valence-corrected chi connectivity index (χ1v) is 6.90. The Morgan fingerprint density at radius 3 is 2.78 bits per heavy atom. The maximum Gasteiger partial charge on any atom is 0.295 e. The van der Waals surface area contributed by atoms with Gasteiger partial charge >= 0.3 is 0 Å². The Balaban J connectivity index is 1.59. The minimum atomic E-state index is 0.662. The SMILES string of the molecule is CC1CCC(CNc2nc3ccccc3o2)CC1. The van der Waals surface area contributed by atoms with E-state index in [1.165, 1.54) is 25.7 Å². The molecule has 0 aliphatic heterocycles. The highest BCUT2D eigenvalue weighted by atomic mass is 16.4. The van der Waals surface area contributed by atoms with Gasteiger partial charge in [-0.2, -0.15) is 4.98 Å². The highest BCUT2D eigenvalue weighted by molar-refractivity contribution is 5.74. The van der Waals surface area contributed by atoms with Gasteiger partial charge in [-0.25, -0.2) is 0 Å². The molecule has 1 N–H and O–H groups in total. The molecule has 0 bridgehead atoms. The Labute approximate surface area is 108 Å². The van der Waals surface area contributed by atoms with E-state index in [4.69, 9.17) is 4.42 Å². The van der Waals surface area contributed by atoms with Crippen LogP contribution in [-0.2, 0) is 0 Å². The predicted molar refractivity (Wildman–Crippen MR) is 73.6 cm³/mol. The van der Waals surface area contributed by atoms with Crippen LogP contribution < -0.4 is 5.32 Å². The smallest absolute Gasteiger partial charge is 0.295 e. The Morgan fingerprint density at radius 2 is 2.00 bits per heavy atom. The summed E-state index contributed by atoms with van der Waals surface area (Å²) in [5, 5.41) is 3.34. The van der Waals surface area contributed by atoms with Gasteiger partial charge in [0.05, 0.1) is 0 Å². The van der Waals surface area contributed by atoms with Crippen molar-refractivity contribution in [3.8, 4) is 0 Å². The fourth-order valence-corrected chi connectivity index (χ4v) is 2.71. The first-order valence-electron chi connectivity index (χ1n) is 6.90. The summed E-state index contributed by atoms with van der Waals surface area (Å²) in [6.45, 7) is 3.34. The first-order chi connectivity index (χ1) is 8.81. The number of hydrogen-bond donors (Lipinski definition) is 1. The molecule has 0 amide bonds. The Hall–Kier alpha value is -1.51. The largest absolute Gasteiger partial charge is 0.424 e. The predicted octanol–water partition coefficient (Wildman–Crippen LogP) is 4.07. The number of rotatable bonds is 3. The molecule has 3 rings (SSSR count). The summed E-state index contributed by atoms with van der Waals surface area (Å²) >= 11 is 0. The van der Waals surface area contributed by atoms with Crippen LogP contribution in [0.2, 0.25) is 0 Å². The summed E-state index contributed by atoms with van der Waals surface area (Å²) in [6.07, 6.45) is 5.38. The van der Waals surface area contributed by atoms with Crippen molar-refractivity contribution in [2.75, 3.05) is 11.9 Å². The molecule has 0 spiro atoms. The quantitative estimate of drug-likeness (QED) is 0.884. The van der Waals surface area contributed by atoms with E-state index in [9.17, 15) is 0 Å². The van der Waals surface area contributed by atoms with Crippen molar-refractivity contribution in [2.45, 2.75) is 32.6 Å². The van der Waals surface area contributed by atoms with E-state index in [2.05, 4.69) is 17.2 Å². The molecule has 1 saturated carbocycles. The molecule has 3 nitrogen and oxygen atoms in total. The number of fused-ring (bicyclic) bond motifs is 1. The minimum absolute atomic E-state index is 0.662. The second-order valence-corrected chi connectivity index (χ2v) is 5.49. The molecule has 1 heterocycles. The second-order valence-electron chi connectivity index (χ2n) is 5.49. The third-order valence-corrected chi connectivity index (χ3v) is 3.97. The fourth-order valence-electron chi connectivity index (χ4n) is 2.71. The highest BCUT2D eigenvalue weighted by Gasteiger charge is 2.18. The van der Waals surface area contributed by atoms with Crippen LogP contribution >= 0.6 is 0 Å². The summed E-state index contributed by atoms with van der Waals surface area (Å²) in [6, 6.07) is 8.55. The lowest BCUT2D eigenvalue weighted by Crippen LogP contribution is -2.20. The highest BCUT2D eigenvalue weighted by Crippen LogP contribution is 2.28. The molecular weight excluding hydrogens is 224 g/mol. The van der Waals surface area contributed by atoms with Crippen LogP contribution in [0.4, 0.5) is 6.01 Å². The van der Waals surface area contributed by atoms with Crippen molar-refractivity contribution < 1.29 is 4.42 Å². The molecule has 1 fully saturated rings. The molecule has 0 atom stereocenters. The van der Waals surface area contributed by atoms with E-state index in [0.29, 0.717) is 6.01 Å². The van der Waals surface area contributed by atoms with Crippen LogP contribution in [0.15, 0.2) is 28.7 Å². The number of hydrogen-bond acceptors (Lipinski definition) is 3. The standard InChI is InChI=1S/C15H20N2O/c1-11-6-8-12(9-7-11)10-16-15-17-13-4-2-3-5-14(13)18-15/h2-5,11-12H,6-10H2,1H3,(H,16,17). The second kappa shape index (κ2) is 5.01. The molecule has 1 aliphatic carbocycles. The Kier molecular flexibility index (Phi) is 3.22. The monoisotopic (exact) mass is 244 g/mol. The first kappa shape index (κ1) is 11.6. The molecule has 3 heteroatoms. The van der Waals surface area contributed by atoms with Gasteiger partial charge in [-0.3, -0.25) is 0 Å². The van der Waals surface area contributed by atoms with Crippen molar-refractivity contribution in [1.82, 2.24) is 4.98 Å². The Bertz CT molecular complexity index is 479. The maximum absolute atomic E-state index is 5.66. The third-order valence-electron chi connectivity index (χ3n) is 3.97. The number of aromatic nitrogens is 1. The van der Waals surface area contributed by atoms with E-state index in [-0.39, 0.29) is 0 Å². The van der Waals surface area contributed by atoms with Crippen LogP contribution in [-0.4, -0.2) is 11.5 Å². The van der Waals surface area contributed by atoms with Gasteiger partial charge < -0.3 is 9.73 Å². The van der Waals surface area contributed by atoms with E-state index in [0.717, 1.165) is 29.5 Å². The van der Waals surface area contributed by atoms with Gasteiger partial charge in [-0.1, -0.05) is 31.9 Å². The molecular formula is C15H20N2O. The van der Waals surface area contributed by atoms with Crippen molar-refractivity contribution in [3.05, 3.63) is 24.3 Å². The zero-order valence-corrected chi connectivity index (χ0v) is 10.9. The van der Waals surface area contributed by atoms with Crippen LogP contribution in [0.5, 0.6) is 0 Å². The molecule has 1 aromatic carbocycles. The van der Waals surface area contributed by atoms with Crippen molar-refractivity contribution >= 4 is 17.1 Å². The van der Waals surface area contributed by atoms with Gasteiger partial charge in [0.15, 0.2) is 5.58 Å². The van der Waals surface area contributed by atoms with Gasteiger partial charge in [-0.15, -0.1) is 0 Å². The van der Waals surface area contributed by atoms with E-state index >= 15 is 0 Å². The number of oxazole rings is 1. The molecule has 1 aliphatic rings. The van der Waals surface area contributed by atoms with Crippen LogP contribution in [0.3, 0.4) is 0 Å². The van der Waals surface area contributed by atoms with Gasteiger partial charge in [0.1, 0.15) is 5.52 Å². The summed E-state index contributed by atoms with van der Waals surface area (Å²) in [4.78, 5) is 4.43. The molecule has 0 saturated heterocycles. The maximum atomic E-state index is 5.66. The van der Waals surface area contributed by atoms with E-state index in [1.54, 1.807) is 0 Å². The van der Waals surface area contributed by atoms with Gasteiger partial charge in [0.25, 0.3) is 6.01 Å². The topological polar surface area (TPSA) is 38.1 Å². The summed E-state index contributed by atoms with van der Waals surface area (Å²) in [7, 11) is 0. The average molecular weight is 244 g/mol. The van der Waals surface area contributed by atoms with Gasteiger partial charge in [-0.05, 0) is 36.8 Å². The molecule has 96 valence electrons. The van der Waals surface area contributed by atoms with Crippen molar-refractivity contribution in [3.63, 3.8) is 0 Å². The fraction of sp³-hybridized carbons (Fsp3) is 0.533. The Morgan fingerprint density at radius 1 is 1.22 bits per heavy atom. The van der Waals surface area contributed by atoms with Crippen molar-refractivity contribution in [2.24, 2.45) is 11.8 Å². The zero-order chi connectivity index (χ0) is 12.4. The number of anilines is 1. The number of nitrogens with zero attached hydrogens (tertiary/aromatic N) is 1. The lowest BCUT2D eigenvalue weighted by molar-refractivity contribution is 0.299. The van der Waals surface area contributed by atoms with E-state index in [1.807, 2.05) is 24.3 Å². The summed E-state index contributed by atoms with van der Waals surface area (Å²) in [5.74, 6) is 1.68. The number of benzene rings is 1. The normalized spacial score (nSPS) is 24.3. The van der Waals surface area contributed by atoms with Crippen LogP contribution in [0.25, 0.3) is 11.1 Å². The lowest BCUT2D eigenvalue weighted by atomic mass is 9.83. The number of nitrogens with one attached hydrogen (secondary N) is 1. The molecule has 1 aromatic heterocycles. The summed E-state index contributed by atoms with van der Waals surface area (Å²) in [5.41, 5.74) is 1.79. The molecule has 0 radical (unpaired) electrons. The number of para-hydroxylation sites is 2. The zero-order valence-electron chi connectivity index (χ0n) is 10.9. The van der Waals surface area contributed by atoms with Crippen molar-refractivity contribution in [1.29, 1.82) is 0 Å². The van der Waals surface area contributed by atoms with Crippen LogP contribution in [0.1, 0.15) is 32.6 Å². The van der Waals surface area contributed by atoms with Gasteiger partial charge in [0, 0.05) is 6.54 Å². The molecule has 0 unspecified atom stereocenters. The van der Waals surface area contributed by atoms with Gasteiger partial charge in [0.2, 0.25) is 0 Å². The molecule has 18 heavy (non-hydrogen) atoms. The average Bonchev–Trinajstić information content (AvgIpc) is 2.81. The lowest BCUT2D eigenvalue weighted by Gasteiger charge is -2.25. The summed E-state index contributed by atoms with van der Waals surface area (Å²) < 4.78 is 5.66. The van der Waals surface area contributed by atoms with E-state index < -0.39 is 0 Å².